The minimum Gasteiger partial charge on any atom is -0.444 e. The second-order valence-electron chi connectivity index (χ2n) is 7.80. The Morgan fingerprint density at radius 1 is 1.23 bits per heavy atom. The summed E-state index contributed by atoms with van der Waals surface area (Å²) in [5, 5.41) is 3.66. The van der Waals surface area contributed by atoms with Crippen molar-refractivity contribution in [3.8, 4) is 0 Å². The van der Waals surface area contributed by atoms with Crippen LogP contribution in [-0.2, 0) is 4.74 Å². The van der Waals surface area contributed by atoms with E-state index in [1.807, 2.05) is 25.7 Å². The zero-order valence-corrected chi connectivity index (χ0v) is 15.4. The van der Waals surface area contributed by atoms with Crippen LogP contribution in [0.5, 0.6) is 0 Å². The van der Waals surface area contributed by atoms with Crippen molar-refractivity contribution in [3.63, 3.8) is 0 Å². The van der Waals surface area contributed by atoms with Gasteiger partial charge in [-0.15, -0.1) is 0 Å². The fraction of sp³-hybridized carbons (Fsp3) is 0.944. The zero-order valence-electron chi connectivity index (χ0n) is 15.4. The third-order valence-electron chi connectivity index (χ3n) is 4.64. The van der Waals surface area contributed by atoms with Gasteiger partial charge in [0, 0.05) is 25.7 Å². The lowest BCUT2D eigenvalue weighted by molar-refractivity contribution is 0.0248. The molecule has 4 nitrogen and oxygen atoms in total. The van der Waals surface area contributed by atoms with Crippen molar-refractivity contribution in [2.75, 3.05) is 19.6 Å². The first-order valence-electron chi connectivity index (χ1n) is 8.96. The maximum Gasteiger partial charge on any atom is 0.410 e. The van der Waals surface area contributed by atoms with Crippen LogP contribution in [0.4, 0.5) is 4.79 Å². The molecule has 1 aliphatic rings. The molecule has 1 N–H and O–H groups in total. The molecule has 1 saturated carbocycles. The van der Waals surface area contributed by atoms with Crippen LogP contribution in [0, 0.1) is 11.8 Å². The van der Waals surface area contributed by atoms with E-state index < -0.39 is 5.60 Å². The average Bonchev–Trinajstić information content (AvgIpc) is 2.40. The van der Waals surface area contributed by atoms with Crippen LogP contribution in [0.25, 0.3) is 0 Å². The van der Waals surface area contributed by atoms with E-state index in [0.717, 1.165) is 37.9 Å². The Morgan fingerprint density at radius 3 is 2.50 bits per heavy atom. The highest BCUT2D eigenvalue weighted by molar-refractivity contribution is 5.68. The summed E-state index contributed by atoms with van der Waals surface area (Å²) in [7, 11) is 0. The van der Waals surface area contributed by atoms with Crippen molar-refractivity contribution in [2.24, 2.45) is 11.8 Å². The molecule has 1 amide bonds. The van der Waals surface area contributed by atoms with Gasteiger partial charge < -0.3 is 15.0 Å². The van der Waals surface area contributed by atoms with Crippen molar-refractivity contribution in [2.45, 2.75) is 78.9 Å². The summed E-state index contributed by atoms with van der Waals surface area (Å²) in [4.78, 5) is 14.1. The Bertz CT molecular complexity index is 338. The molecule has 0 spiro atoms. The summed E-state index contributed by atoms with van der Waals surface area (Å²) in [5.41, 5.74) is -0.427. The van der Waals surface area contributed by atoms with Crippen LogP contribution in [-0.4, -0.2) is 42.3 Å². The molecule has 1 rings (SSSR count). The van der Waals surface area contributed by atoms with Gasteiger partial charge in [-0.3, -0.25) is 0 Å². The number of hydrogen-bond acceptors (Lipinski definition) is 3. The molecule has 1 fully saturated rings. The molecule has 4 heteroatoms. The lowest BCUT2D eigenvalue weighted by atomic mass is 9.78. The Labute approximate surface area is 137 Å². The summed E-state index contributed by atoms with van der Waals surface area (Å²) in [6.07, 6.45) is 4.68. The number of rotatable bonds is 6. The Morgan fingerprint density at radius 2 is 1.91 bits per heavy atom. The number of nitrogens with one attached hydrogen (secondary N) is 1. The van der Waals surface area contributed by atoms with Crippen LogP contribution < -0.4 is 5.32 Å². The van der Waals surface area contributed by atoms with Gasteiger partial charge in [-0.25, -0.2) is 4.79 Å². The summed E-state index contributed by atoms with van der Waals surface area (Å²) < 4.78 is 5.49. The largest absolute Gasteiger partial charge is 0.444 e. The molecule has 0 bridgehead atoms. The highest BCUT2D eigenvalue weighted by Gasteiger charge is 2.27. The van der Waals surface area contributed by atoms with Crippen molar-refractivity contribution in [3.05, 3.63) is 0 Å². The van der Waals surface area contributed by atoms with Crippen molar-refractivity contribution in [1.82, 2.24) is 10.2 Å². The van der Waals surface area contributed by atoms with Crippen LogP contribution in [0.15, 0.2) is 0 Å². The quantitative estimate of drug-likeness (QED) is 0.804. The number of carbonyl (C=O) groups is 1. The molecule has 0 radical (unpaired) electrons. The first-order valence-corrected chi connectivity index (χ1v) is 8.96. The molecule has 0 aromatic heterocycles. The standard InChI is InChI=1S/C18H36N2O2/c1-7-12-20(17(21)22-18(4,5)6)13-11-19-16-10-8-9-14(2)15(16)3/h14-16,19H,7-13H2,1-6H3. The Kier molecular flexibility index (Phi) is 7.67. The highest BCUT2D eigenvalue weighted by Crippen LogP contribution is 2.29. The van der Waals surface area contributed by atoms with Crippen LogP contribution in [0.1, 0.15) is 67.2 Å². The number of ether oxygens (including phenoxy) is 1. The van der Waals surface area contributed by atoms with Gasteiger partial charge in [0.2, 0.25) is 0 Å². The first-order chi connectivity index (χ1) is 10.2. The zero-order chi connectivity index (χ0) is 16.8. The maximum absolute atomic E-state index is 12.2. The van der Waals surface area contributed by atoms with Gasteiger partial charge in [-0.05, 0) is 45.4 Å². The van der Waals surface area contributed by atoms with Crippen molar-refractivity contribution >= 4 is 6.09 Å². The molecule has 0 saturated heterocycles. The molecule has 0 aromatic carbocycles. The molecule has 0 heterocycles. The molecule has 0 aromatic rings. The molecule has 22 heavy (non-hydrogen) atoms. The highest BCUT2D eigenvalue weighted by atomic mass is 16.6. The van der Waals surface area contributed by atoms with E-state index in [1.165, 1.54) is 19.3 Å². The molecule has 3 atom stereocenters. The number of nitrogens with zero attached hydrogens (tertiary/aromatic N) is 1. The van der Waals surface area contributed by atoms with E-state index in [2.05, 4.69) is 26.1 Å². The van der Waals surface area contributed by atoms with Gasteiger partial charge in [-0.2, -0.15) is 0 Å². The molecule has 0 aliphatic heterocycles. The predicted octanol–water partition coefficient (Wildman–Crippen LogP) is 4.05. The van der Waals surface area contributed by atoms with E-state index in [9.17, 15) is 4.79 Å². The van der Waals surface area contributed by atoms with E-state index in [1.54, 1.807) is 0 Å². The summed E-state index contributed by atoms with van der Waals surface area (Å²) >= 11 is 0. The lowest BCUT2D eigenvalue weighted by Gasteiger charge is -2.35. The average molecular weight is 312 g/mol. The van der Waals surface area contributed by atoms with Crippen LogP contribution in [0.2, 0.25) is 0 Å². The normalized spacial score (nSPS) is 25.8. The third-order valence-corrected chi connectivity index (χ3v) is 4.64. The topological polar surface area (TPSA) is 41.6 Å². The van der Waals surface area contributed by atoms with Crippen molar-refractivity contribution < 1.29 is 9.53 Å². The predicted molar refractivity (Wildman–Crippen MR) is 92.1 cm³/mol. The minimum atomic E-state index is -0.427. The maximum atomic E-state index is 12.2. The second-order valence-corrected chi connectivity index (χ2v) is 7.80. The lowest BCUT2D eigenvalue weighted by Crippen LogP contribution is -2.46. The Balaban J connectivity index is 2.42. The molecule has 1 aliphatic carbocycles. The van der Waals surface area contributed by atoms with Gasteiger partial charge in [-0.1, -0.05) is 33.6 Å². The second kappa shape index (κ2) is 8.76. The molecule has 3 unspecified atom stereocenters. The number of amides is 1. The van der Waals surface area contributed by atoms with Crippen LogP contribution in [0.3, 0.4) is 0 Å². The molecule has 130 valence electrons. The minimum absolute atomic E-state index is 0.193. The Hall–Kier alpha value is -0.770. The SMILES string of the molecule is CCCN(CCNC1CCCC(C)C1C)C(=O)OC(C)(C)C. The van der Waals surface area contributed by atoms with Gasteiger partial charge in [0.05, 0.1) is 0 Å². The fourth-order valence-electron chi connectivity index (χ4n) is 3.15. The summed E-state index contributed by atoms with van der Waals surface area (Å²) in [6, 6.07) is 0.589. The van der Waals surface area contributed by atoms with Crippen molar-refractivity contribution in [1.29, 1.82) is 0 Å². The third kappa shape index (κ3) is 6.55. The van der Waals surface area contributed by atoms with E-state index in [0.29, 0.717) is 6.04 Å². The smallest absolute Gasteiger partial charge is 0.410 e. The first kappa shape index (κ1) is 19.3. The van der Waals surface area contributed by atoms with E-state index in [-0.39, 0.29) is 6.09 Å². The number of hydrogen-bond donors (Lipinski definition) is 1. The van der Waals surface area contributed by atoms with Gasteiger partial charge >= 0.3 is 6.09 Å². The van der Waals surface area contributed by atoms with Gasteiger partial charge in [0.1, 0.15) is 5.60 Å². The monoisotopic (exact) mass is 312 g/mol. The number of carbonyl (C=O) groups excluding carboxylic acids is 1. The molecular formula is C18H36N2O2. The molecular weight excluding hydrogens is 276 g/mol. The van der Waals surface area contributed by atoms with Crippen LogP contribution >= 0.6 is 0 Å². The van der Waals surface area contributed by atoms with Gasteiger partial charge in [0.15, 0.2) is 0 Å². The summed E-state index contributed by atoms with van der Waals surface area (Å²) in [6.45, 7) is 14.9. The summed E-state index contributed by atoms with van der Waals surface area (Å²) in [5.74, 6) is 1.51. The van der Waals surface area contributed by atoms with E-state index >= 15 is 0 Å². The fourth-order valence-corrected chi connectivity index (χ4v) is 3.15. The van der Waals surface area contributed by atoms with E-state index in [4.69, 9.17) is 4.74 Å². The van der Waals surface area contributed by atoms with Gasteiger partial charge in [0.25, 0.3) is 0 Å².